The number of rotatable bonds is 10. The van der Waals surface area contributed by atoms with Crippen LogP contribution in [-0.4, -0.2) is 23.4 Å². The van der Waals surface area contributed by atoms with E-state index >= 15 is 0 Å². The third kappa shape index (κ3) is 7.17. The number of allylic oxidation sites excluding steroid dienone is 4. The van der Waals surface area contributed by atoms with Crippen LogP contribution in [0, 0.1) is 6.92 Å². The van der Waals surface area contributed by atoms with E-state index in [-0.39, 0.29) is 15.0 Å². The SMILES string of the molecule is CCCC\C=C([Se]c1ccccc1)/C(=C(C)\C=C\c1ccccc1)S(=O)(=O)c1ccc(C)cc1. The summed E-state index contributed by atoms with van der Waals surface area (Å²) >= 11 is -0.135. The Morgan fingerprint density at radius 3 is 2.12 bits per heavy atom. The predicted molar refractivity (Wildman–Crippen MR) is 146 cm³/mol. The van der Waals surface area contributed by atoms with Crippen LogP contribution in [0.1, 0.15) is 44.2 Å². The molecule has 0 fully saturated rings. The van der Waals surface area contributed by atoms with Gasteiger partial charge in [-0.1, -0.05) is 0 Å². The van der Waals surface area contributed by atoms with Gasteiger partial charge in [0.2, 0.25) is 0 Å². The molecule has 0 heterocycles. The van der Waals surface area contributed by atoms with Crippen LogP contribution < -0.4 is 4.46 Å². The molecule has 0 aliphatic rings. The van der Waals surface area contributed by atoms with E-state index in [4.69, 9.17) is 0 Å². The zero-order valence-corrected chi connectivity index (χ0v) is 22.6. The van der Waals surface area contributed by atoms with Gasteiger partial charge in [0.15, 0.2) is 0 Å². The Labute approximate surface area is 211 Å². The maximum absolute atomic E-state index is 14.0. The van der Waals surface area contributed by atoms with E-state index in [0.717, 1.165) is 44.9 Å². The Hall–Kier alpha value is -2.65. The van der Waals surface area contributed by atoms with Gasteiger partial charge >= 0.3 is 212 Å². The summed E-state index contributed by atoms with van der Waals surface area (Å²) in [5, 5.41) is 0. The van der Waals surface area contributed by atoms with E-state index in [9.17, 15) is 8.42 Å². The van der Waals surface area contributed by atoms with E-state index in [1.165, 1.54) is 0 Å². The van der Waals surface area contributed by atoms with Gasteiger partial charge < -0.3 is 0 Å². The first kappa shape index (κ1) is 26.0. The molecule has 4 heteroatoms. The Balaban J connectivity index is 2.17. The van der Waals surface area contributed by atoms with Crippen molar-refractivity contribution < 1.29 is 8.42 Å². The zero-order valence-electron chi connectivity index (χ0n) is 20.1. The Morgan fingerprint density at radius 1 is 0.882 bits per heavy atom. The number of sulfone groups is 1. The quantitative estimate of drug-likeness (QED) is 0.162. The predicted octanol–water partition coefficient (Wildman–Crippen LogP) is 6.86. The fourth-order valence-electron chi connectivity index (χ4n) is 3.47. The van der Waals surface area contributed by atoms with Crippen molar-refractivity contribution in [2.45, 2.75) is 44.9 Å². The standard InChI is InChI=1S/C30H32O2SSe/c1-4-5-8-17-29(34-28-15-11-7-12-16-28)30(25(3)20-21-26-13-9-6-10-14-26)33(31,32)27-22-18-24(2)19-23-27/h6-7,9-23H,4-5,8H2,1-3H3/b21-20+,29-17+,30-25+. The molecule has 0 atom stereocenters. The topological polar surface area (TPSA) is 34.1 Å². The van der Waals surface area contributed by atoms with Crippen molar-refractivity contribution in [1.82, 2.24) is 0 Å². The third-order valence-corrected chi connectivity index (χ3v) is 9.93. The summed E-state index contributed by atoms with van der Waals surface area (Å²) < 4.78 is 30.2. The summed E-state index contributed by atoms with van der Waals surface area (Å²) in [5.41, 5.74) is 2.83. The Morgan fingerprint density at radius 2 is 1.50 bits per heavy atom. The van der Waals surface area contributed by atoms with Crippen LogP contribution in [-0.2, 0) is 9.84 Å². The van der Waals surface area contributed by atoms with Gasteiger partial charge in [-0.05, 0) is 0 Å². The summed E-state index contributed by atoms with van der Waals surface area (Å²) in [5.74, 6) is 0. The number of unbranched alkanes of at least 4 members (excludes halogenated alkanes) is 2. The number of aryl methyl sites for hydroxylation is 1. The second-order valence-electron chi connectivity index (χ2n) is 8.20. The summed E-state index contributed by atoms with van der Waals surface area (Å²) in [7, 11) is -3.70. The van der Waals surface area contributed by atoms with Crippen molar-refractivity contribution in [2.75, 3.05) is 0 Å². The van der Waals surface area contributed by atoms with Crippen LogP contribution in [0.2, 0.25) is 0 Å². The van der Waals surface area contributed by atoms with Crippen molar-refractivity contribution in [2.24, 2.45) is 0 Å². The van der Waals surface area contributed by atoms with Crippen molar-refractivity contribution in [3.63, 3.8) is 0 Å². The fourth-order valence-corrected chi connectivity index (χ4v) is 8.05. The molecule has 0 saturated carbocycles. The van der Waals surface area contributed by atoms with Crippen LogP contribution >= 0.6 is 0 Å². The van der Waals surface area contributed by atoms with Gasteiger partial charge in [0.05, 0.1) is 0 Å². The van der Waals surface area contributed by atoms with Crippen LogP contribution in [0.4, 0.5) is 0 Å². The van der Waals surface area contributed by atoms with E-state index < -0.39 is 9.84 Å². The van der Waals surface area contributed by atoms with Gasteiger partial charge in [-0.25, -0.2) is 0 Å². The van der Waals surface area contributed by atoms with Crippen molar-refractivity contribution in [1.29, 1.82) is 0 Å². The average Bonchev–Trinajstić information content (AvgIpc) is 2.84. The molecule has 0 aliphatic heterocycles. The molecule has 3 rings (SSSR count). The minimum atomic E-state index is -3.70. The molecule has 2 nitrogen and oxygen atoms in total. The molecule has 3 aromatic rings. The van der Waals surface area contributed by atoms with Gasteiger partial charge in [0.1, 0.15) is 0 Å². The molecule has 0 saturated heterocycles. The molecule has 0 unspecified atom stereocenters. The average molecular weight is 536 g/mol. The summed E-state index contributed by atoms with van der Waals surface area (Å²) in [4.78, 5) is 0.773. The van der Waals surface area contributed by atoms with Crippen molar-refractivity contribution in [3.05, 3.63) is 123 Å². The van der Waals surface area contributed by atoms with Gasteiger partial charge in [-0.3, -0.25) is 0 Å². The minimum absolute atomic E-state index is 0.135. The summed E-state index contributed by atoms with van der Waals surface area (Å²) in [6.45, 7) is 6.04. The number of hydrogen-bond acceptors (Lipinski definition) is 2. The molecule has 0 bridgehead atoms. The van der Waals surface area contributed by atoms with E-state index in [0.29, 0.717) is 9.80 Å². The first-order valence-electron chi connectivity index (χ1n) is 11.6. The summed E-state index contributed by atoms with van der Waals surface area (Å²) in [6.07, 6.45) is 9.04. The molecular formula is C30H32O2SSe. The molecule has 0 amide bonds. The van der Waals surface area contributed by atoms with Crippen molar-refractivity contribution >= 4 is 35.3 Å². The molecule has 34 heavy (non-hydrogen) atoms. The number of benzene rings is 3. The second-order valence-corrected chi connectivity index (χ2v) is 12.4. The van der Waals surface area contributed by atoms with E-state index in [1.807, 2.05) is 86.7 Å². The molecule has 3 aromatic carbocycles. The van der Waals surface area contributed by atoms with Crippen molar-refractivity contribution in [3.8, 4) is 0 Å². The van der Waals surface area contributed by atoms with Crippen LogP contribution in [0.5, 0.6) is 0 Å². The van der Waals surface area contributed by atoms with Gasteiger partial charge in [-0.15, -0.1) is 0 Å². The maximum atomic E-state index is 14.0. The molecule has 0 aliphatic carbocycles. The first-order valence-corrected chi connectivity index (χ1v) is 14.8. The molecule has 0 spiro atoms. The molecule has 0 N–H and O–H groups in total. The zero-order chi connectivity index (χ0) is 24.4. The molecule has 0 radical (unpaired) electrons. The Kier molecular flexibility index (Phi) is 9.71. The normalized spacial score (nSPS) is 13.2. The van der Waals surface area contributed by atoms with Gasteiger partial charge in [0.25, 0.3) is 0 Å². The van der Waals surface area contributed by atoms with Crippen LogP contribution in [0.15, 0.2) is 117 Å². The monoisotopic (exact) mass is 536 g/mol. The first-order chi connectivity index (χ1) is 16.4. The molecular weight excluding hydrogens is 503 g/mol. The summed E-state index contributed by atoms with van der Waals surface area (Å²) in [6, 6.07) is 27.3. The van der Waals surface area contributed by atoms with Gasteiger partial charge in [-0.2, -0.15) is 0 Å². The van der Waals surface area contributed by atoms with E-state index in [1.54, 1.807) is 12.1 Å². The molecule has 176 valence electrons. The van der Waals surface area contributed by atoms with E-state index in [2.05, 4.69) is 25.1 Å². The fraction of sp³-hybridized carbons (Fsp3) is 0.200. The third-order valence-electron chi connectivity index (χ3n) is 5.37. The Bertz CT molecular complexity index is 1250. The van der Waals surface area contributed by atoms with Crippen LogP contribution in [0.25, 0.3) is 6.08 Å². The van der Waals surface area contributed by atoms with Gasteiger partial charge in [0, 0.05) is 0 Å². The van der Waals surface area contributed by atoms with Crippen LogP contribution in [0.3, 0.4) is 0 Å². The number of hydrogen-bond donors (Lipinski definition) is 0. The second kappa shape index (κ2) is 12.7. The molecule has 0 aromatic heterocycles.